The minimum atomic E-state index is -0.529. The monoisotopic (exact) mass is 368 g/mol. The van der Waals surface area contributed by atoms with Crippen LogP contribution in [0.1, 0.15) is 38.1 Å². The van der Waals surface area contributed by atoms with Gasteiger partial charge in [-0.25, -0.2) is 9.59 Å². The van der Waals surface area contributed by atoms with Gasteiger partial charge in [0.2, 0.25) is 0 Å². The van der Waals surface area contributed by atoms with E-state index in [9.17, 15) is 9.59 Å². The predicted molar refractivity (Wildman–Crippen MR) is 97.2 cm³/mol. The van der Waals surface area contributed by atoms with Crippen molar-refractivity contribution in [3.63, 3.8) is 0 Å². The summed E-state index contributed by atoms with van der Waals surface area (Å²) >= 11 is 6.46. The molecule has 1 atom stereocenters. The van der Waals surface area contributed by atoms with Gasteiger partial charge in [0, 0.05) is 18.8 Å². The molecule has 0 N–H and O–H groups in total. The van der Waals surface area contributed by atoms with Gasteiger partial charge in [0.1, 0.15) is 11.1 Å². The van der Waals surface area contributed by atoms with Crippen LogP contribution >= 0.6 is 11.6 Å². The van der Waals surface area contributed by atoms with Gasteiger partial charge >= 0.3 is 12.1 Å². The zero-order valence-corrected chi connectivity index (χ0v) is 15.9. The average molecular weight is 369 g/mol. The van der Waals surface area contributed by atoms with Crippen molar-refractivity contribution in [2.24, 2.45) is 0 Å². The number of benzene rings is 1. The summed E-state index contributed by atoms with van der Waals surface area (Å²) in [5, 5.41) is 0. The van der Waals surface area contributed by atoms with Crippen LogP contribution in [0, 0.1) is 0 Å². The molecule has 7 heteroatoms. The molecular weight excluding hydrogens is 344 g/mol. The Morgan fingerprint density at radius 3 is 2.36 bits per heavy atom. The van der Waals surface area contributed by atoms with Crippen LogP contribution in [0.25, 0.3) is 0 Å². The third-order valence-corrected chi connectivity index (χ3v) is 4.06. The molecular formula is C18H25ClN2O4. The van der Waals surface area contributed by atoms with E-state index in [4.69, 9.17) is 21.1 Å². The van der Waals surface area contributed by atoms with Gasteiger partial charge in [-0.1, -0.05) is 11.6 Å². The third kappa shape index (κ3) is 5.26. The van der Waals surface area contributed by atoms with Gasteiger partial charge in [-0.2, -0.15) is 0 Å². The van der Waals surface area contributed by atoms with Gasteiger partial charge in [-0.3, -0.25) is 0 Å². The summed E-state index contributed by atoms with van der Waals surface area (Å²) in [6.07, 6.45) is -0.351. The smallest absolute Gasteiger partial charge is 0.410 e. The summed E-state index contributed by atoms with van der Waals surface area (Å²) in [5.41, 5.74) is 0.509. The van der Waals surface area contributed by atoms with E-state index in [0.29, 0.717) is 31.8 Å². The molecule has 1 aromatic carbocycles. The number of anilines is 1. The summed E-state index contributed by atoms with van der Waals surface area (Å²) < 4.78 is 10.4. The maximum Gasteiger partial charge on any atom is 0.410 e. The molecule has 0 bridgehead atoms. The zero-order valence-electron chi connectivity index (χ0n) is 15.1. The molecule has 1 saturated heterocycles. The van der Waals surface area contributed by atoms with Crippen LogP contribution in [0.5, 0.6) is 0 Å². The lowest BCUT2D eigenvalue weighted by molar-refractivity contribution is 0.0232. The lowest BCUT2D eigenvalue weighted by atomic mass is 10.2. The first kappa shape index (κ1) is 19.4. The van der Waals surface area contributed by atoms with Crippen molar-refractivity contribution >= 4 is 29.4 Å². The normalized spacial score (nSPS) is 18.0. The van der Waals surface area contributed by atoms with Gasteiger partial charge < -0.3 is 19.3 Å². The van der Waals surface area contributed by atoms with E-state index in [-0.39, 0.29) is 17.6 Å². The van der Waals surface area contributed by atoms with E-state index >= 15 is 0 Å². The molecule has 0 aromatic heterocycles. The van der Waals surface area contributed by atoms with Gasteiger partial charge in [0.05, 0.1) is 18.7 Å². The number of ether oxygens (including phenoxy) is 2. The molecule has 1 heterocycles. The Morgan fingerprint density at radius 1 is 1.20 bits per heavy atom. The van der Waals surface area contributed by atoms with Gasteiger partial charge in [-0.05, 0) is 52.0 Å². The molecule has 0 saturated carbocycles. The van der Waals surface area contributed by atoms with Crippen LogP contribution in [-0.4, -0.2) is 54.3 Å². The van der Waals surface area contributed by atoms with E-state index in [1.165, 1.54) is 0 Å². The van der Waals surface area contributed by atoms with Gasteiger partial charge in [0.25, 0.3) is 0 Å². The fourth-order valence-corrected chi connectivity index (χ4v) is 2.90. The second-order valence-corrected chi connectivity index (χ2v) is 7.33. The Balaban J connectivity index is 1.99. The molecule has 138 valence electrons. The fourth-order valence-electron chi connectivity index (χ4n) is 2.53. The number of carbonyl (C=O) groups is 2. The summed E-state index contributed by atoms with van der Waals surface area (Å²) in [6, 6.07) is 7.11. The SMILES string of the molecule is CCOC(=O)c1ccc(N2CCN(C(=O)OC(C)(C)C)CC2Cl)cc1. The van der Waals surface area contributed by atoms with Crippen molar-refractivity contribution in [2.45, 2.75) is 38.8 Å². The van der Waals surface area contributed by atoms with Crippen molar-refractivity contribution in [3.8, 4) is 0 Å². The van der Waals surface area contributed by atoms with E-state index in [0.717, 1.165) is 5.69 Å². The van der Waals surface area contributed by atoms with Crippen LogP contribution in [0.3, 0.4) is 0 Å². The maximum absolute atomic E-state index is 12.2. The second kappa shape index (κ2) is 7.95. The Kier molecular flexibility index (Phi) is 6.16. The zero-order chi connectivity index (χ0) is 18.6. The lowest BCUT2D eigenvalue weighted by Crippen LogP contribution is -2.53. The molecule has 1 aliphatic heterocycles. The van der Waals surface area contributed by atoms with Gasteiger partial charge in [0.15, 0.2) is 0 Å². The summed E-state index contributed by atoms with van der Waals surface area (Å²) in [5.74, 6) is -0.341. The molecule has 1 aromatic rings. The first-order chi connectivity index (χ1) is 11.7. The van der Waals surface area contributed by atoms with Crippen LogP contribution < -0.4 is 4.90 Å². The van der Waals surface area contributed by atoms with Crippen molar-refractivity contribution in [2.75, 3.05) is 31.1 Å². The van der Waals surface area contributed by atoms with Crippen molar-refractivity contribution in [1.82, 2.24) is 4.90 Å². The highest BCUT2D eigenvalue weighted by atomic mass is 35.5. The molecule has 0 aliphatic carbocycles. The summed E-state index contributed by atoms with van der Waals surface area (Å²) in [6.45, 7) is 9.12. The molecule has 0 spiro atoms. The van der Waals surface area contributed by atoms with Crippen LogP contribution in [0.15, 0.2) is 24.3 Å². The standard InChI is InChI=1S/C18H25ClN2O4/c1-5-24-16(22)13-6-8-14(9-7-13)21-11-10-20(12-15(21)19)17(23)25-18(2,3)4/h6-9,15H,5,10-12H2,1-4H3. The Morgan fingerprint density at radius 2 is 1.84 bits per heavy atom. The summed E-state index contributed by atoms with van der Waals surface area (Å²) in [7, 11) is 0. The first-order valence-electron chi connectivity index (χ1n) is 8.37. The largest absolute Gasteiger partial charge is 0.462 e. The molecule has 6 nitrogen and oxygen atoms in total. The highest BCUT2D eigenvalue weighted by Crippen LogP contribution is 2.24. The molecule has 1 aliphatic rings. The molecule has 0 radical (unpaired) electrons. The lowest BCUT2D eigenvalue weighted by Gasteiger charge is -2.40. The summed E-state index contributed by atoms with van der Waals surface area (Å²) in [4.78, 5) is 27.5. The van der Waals surface area contributed by atoms with Gasteiger partial charge in [-0.15, -0.1) is 0 Å². The molecule has 2 rings (SSSR count). The number of piperazine rings is 1. The number of alkyl halides is 1. The number of hydrogen-bond acceptors (Lipinski definition) is 5. The fraction of sp³-hybridized carbons (Fsp3) is 0.556. The van der Waals surface area contributed by atoms with Crippen LogP contribution in [0.4, 0.5) is 10.5 Å². The number of amides is 1. The molecule has 1 amide bonds. The topological polar surface area (TPSA) is 59.1 Å². The molecule has 25 heavy (non-hydrogen) atoms. The average Bonchev–Trinajstić information content (AvgIpc) is 2.53. The van der Waals surface area contributed by atoms with E-state index in [1.54, 1.807) is 24.0 Å². The van der Waals surface area contributed by atoms with E-state index in [1.807, 2.05) is 37.8 Å². The first-order valence-corrected chi connectivity index (χ1v) is 8.80. The molecule has 1 unspecified atom stereocenters. The number of esters is 1. The van der Waals surface area contributed by atoms with E-state index in [2.05, 4.69) is 0 Å². The number of halogens is 1. The predicted octanol–water partition coefficient (Wildman–Crippen LogP) is 3.49. The maximum atomic E-state index is 12.2. The minimum absolute atomic E-state index is 0.341. The highest BCUT2D eigenvalue weighted by Gasteiger charge is 2.31. The minimum Gasteiger partial charge on any atom is -0.462 e. The Labute approximate surface area is 153 Å². The Hall–Kier alpha value is -1.95. The quantitative estimate of drug-likeness (QED) is 0.464. The van der Waals surface area contributed by atoms with E-state index < -0.39 is 5.60 Å². The third-order valence-electron chi connectivity index (χ3n) is 3.68. The number of hydrogen-bond donors (Lipinski definition) is 0. The molecule has 1 fully saturated rings. The highest BCUT2D eigenvalue weighted by molar-refractivity contribution is 6.22. The van der Waals surface area contributed by atoms with Crippen LogP contribution in [-0.2, 0) is 9.47 Å². The number of nitrogens with zero attached hydrogens (tertiary/aromatic N) is 2. The number of carbonyl (C=O) groups excluding carboxylic acids is 2. The van der Waals surface area contributed by atoms with Crippen molar-refractivity contribution < 1.29 is 19.1 Å². The second-order valence-electron chi connectivity index (χ2n) is 6.82. The van der Waals surface area contributed by atoms with Crippen molar-refractivity contribution in [3.05, 3.63) is 29.8 Å². The Bertz CT molecular complexity index is 612. The van der Waals surface area contributed by atoms with Crippen molar-refractivity contribution in [1.29, 1.82) is 0 Å². The number of rotatable bonds is 3. The van der Waals surface area contributed by atoms with Crippen LogP contribution in [0.2, 0.25) is 0 Å².